The molecule has 0 bridgehead atoms. The van der Waals surface area contributed by atoms with Crippen LogP contribution in [0.2, 0.25) is 0 Å². The van der Waals surface area contributed by atoms with E-state index in [0.717, 1.165) is 38.6 Å². The Morgan fingerprint density at radius 2 is 2.38 bits per heavy atom. The van der Waals surface area contributed by atoms with E-state index in [1.165, 1.54) is 12.8 Å². The van der Waals surface area contributed by atoms with Crippen LogP contribution in [-0.2, 0) is 4.74 Å². The quantitative estimate of drug-likeness (QED) is 0.604. The number of hydrogen-bond donors (Lipinski definition) is 2. The maximum Gasteiger partial charge on any atom is 0.0524 e. The molecule has 3 heteroatoms. The number of aliphatic hydroxyl groups is 1. The fourth-order valence-electron chi connectivity index (χ4n) is 1.55. The molecule has 2 atom stereocenters. The van der Waals surface area contributed by atoms with Gasteiger partial charge in [-0.05, 0) is 45.2 Å². The van der Waals surface area contributed by atoms with Crippen molar-refractivity contribution in [2.24, 2.45) is 5.92 Å². The average Bonchev–Trinajstić information content (AvgIpc) is 2.55. The first-order valence-electron chi connectivity index (χ1n) is 5.25. The molecule has 0 saturated carbocycles. The normalized spacial score (nSPS) is 24.9. The Morgan fingerprint density at radius 3 is 3.00 bits per heavy atom. The van der Waals surface area contributed by atoms with Crippen LogP contribution in [-0.4, -0.2) is 37.5 Å². The van der Waals surface area contributed by atoms with Gasteiger partial charge >= 0.3 is 0 Å². The van der Waals surface area contributed by atoms with Crippen LogP contribution in [0.25, 0.3) is 0 Å². The highest BCUT2D eigenvalue weighted by molar-refractivity contribution is 4.65. The topological polar surface area (TPSA) is 41.5 Å². The molecule has 0 radical (unpaired) electrons. The first-order chi connectivity index (χ1) is 6.29. The molecule has 3 nitrogen and oxygen atoms in total. The molecule has 1 rings (SSSR count). The largest absolute Gasteiger partial charge is 0.393 e. The Balaban J connectivity index is 1.83. The third kappa shape index (κ3) is 5.24. The molecule has 0 aromatic rings. The second-order valence-corrected chi connectivity index (χ2v) is 3.91. The molecule has 1 heterocycles. The van der Waals surface area contributed by atoms with E-state index in [4.69, 9.17) is 9.84 Å². The van der Waals surface area contributed by atoms with Gasteiger partial charge in [-0.1, -0.05) is 0 Å². The van der Waals surface area contributed by atoms with Crippen molar-refractivity contribution < 1.29 is 9.84 Å². The SMILES string of the molecule is CC(O)CCNCCC1CCOC1. The van der Waals surface area contributed by atoms with Gasteiger partial charge in [-0.2, -0.15) is 0 Å². The molecule has 1 fully saturated rings. The van der Waals surface area contributed by atoms with Gasteiger partial charge < -0.3 is 15.2 Å². The predicted octanol–water partition coefficient (Wildman–Crippen LogP) is 0.773. The zero-order valence-electron chi connectivity index (χ0n) is 8.46. The van der Waals surface area contributed by atoms with Crippen LogP contribution >= 0.6 is 0 Å². The Morgan fingerprint density at radius 1 is 1.54 bits per heavy atom. The highest BCUT2D eigenvalue weighted by Crippen LogP contribution is 2.14. The third-order valence-electron chi connectivity index (χ3n) is 2.49. The zero-order chi connectivity index (χ0) is 9.52. The van der Waals surface area contributed by atoms with Crippen LogP contribution in [0.5, 0.6) is 0 Å². The van der Waals surface area contributed by atoms with Crippen molar-refractivity contribution in [2.45, 2.75) is 32.3 Å². The van der Waals surface area contributed by atoms with E-state index < -0.39 is 0 Å². The van der Waals surface area contributed by atoms with E-state index in [9.17, 15) is 0 Å². The second-order valence-electron chi connectivity index (χ2n) is 3.91. The van der Waals surface area contributed by atoms with E-state index in [1.807, 2.05) is 6.92 Å². The van der Waals surface area contributed by atoms with Crippen LogP contribution in [0.4, 0.5) is 0 Å². The molecular formula is C10H21NO2. The second kappa shape index (κ2) is 6.35. The molecule has 0 aromatic heterocycles. The van der Waals surface area contributed by atoms with E-state index in [2.05, 4.69) is 5.32 Å². The van der Waals surface area contributed by atoms with E-state index in [0.29, 0.717) is 0 Å². The van der Waals surface area contributed by atoms with Crippen molar-refractivity contribution in [3.05, 3.63) is 0 Å². The summed E-state index contributed by atoms with van der Waals surface area (Å²) in [6, 6.07) is 0. The molecule has 0 spiro atoms. The van der Waals surface area contributed by atoms with E-state index >= 15 is 0 Å². The summed E-state index contributed by atoms with van der Waals surface area (Å²) >= 11 is 0. The lowest BCUT2D eigenvalue weighted by Crippen LogP contribution is -2.22. The van der Waals surface area contributed by atoms with Crippen LogP contribution < -0.4 is 5.32 Å². The fourth-order valence-corrected chi connectivity index (χ4v) is 1.55. The number of aliphatic hydroxyl groups excluding tert-OH is 1. The summed E-state index contributed by atoms with van der Waals surface area (Å²) in [5.74, 6) is 0.763. The lowest BCUT2D eigenvalue weighted by molar-refractivity contribution is 0.180. The molecule has 1 aliphatic rings. The van der Waals surface area contributed by atoms with Gasteiger partial charge in [0.15, 0.2) is 0 Å². The highest BCUT2D eigenvalue weighted by Gasteiger charge is 2.14. The minimum Gasteiger partial charge on any atom is -0.393 e. The summed E-state index contributed by atoms with van der Waals surface area (Å²) in [7, 11) is 0. The molecule has 1 saturated heterocycles. The summed E-state index contributed by atoms with van der Waals surface area (Å²) in [5.41, 5.74) is 0. The van der Waals surface area contributed by atoms with Crippen molar-refractivity contribution >= 4 is 0 Å². The van der Waals surface area contributed by atoms with Gasteiger partial charge in [0.05, 0.1) is 6.10 Å². The minimum absolute atomic E-state index is 0.178. The third-order valence-corrected chi connectivity index (χ3v) is 2.49. The summed E-state index contributed by atoms with van der Waals surface area (Å²) in [6.45, 7) is 5.69. The monoisotopic (exact) mass is 187 g/mol. The maximum absolute atomic E-state index is 9.00. The Hall–Kier alpha value is -0.120. The fraction of sp³-hybridized carbons (Fsp3) is 1.00. The van der Waals surface area contributed by atoms with Gasteiger partial charge in [0.25, 0.3) is 0 Å². The van der Waals surface area contributed by atoms with Gasteiger partial charge in [0, 0.05) is 13.2 Å². The van der Waals surface area contributed by atoms with E-state index in [1.54, 1.807) is 0 Å². The lowest BCUT2D eigenvalue weighted by atomic mass is 10.1. The van der Waals surface area contributed by atoms with Crippen LogP contribution in [0, 0.1) is 5.92 Å². The Kier molecular flexibility index (Phi) is 5.35. The molecular weight excluding hydrogens is 166 g/mol. The van der Waals surface area contributed by atoms with Crippen LogP contribution in [0.15, 0.2) is 0 Å². The number of hydrogen-bond acceptors (Lipinski definition) is 3. The number of rotatable bonds is 6. The molecule has 0 aliphatic carbocycles. The molecule has 1 aliphatic heterocycles. The minimum atomic E-state index is -0.178. The van der Waals surface area contributed by atoms with Gasteiger partial charge in [0.1, 0.15) is 0 Å². The van der Waals surface area contributed by atoms with Crippen molar-refractivity contribution in [2.75, 3.05) is 26.3 Å². The van der Waals surface area contributed by atoms with Gasteiger partial charge in [-0.3, -0.25) is 0 Å². The van der Waals surface area contributed by atoms with Crippen molar-refractivity contribution in [3.63, 3.8) is 0 Å². The van der Waals surface area contributed by atoms with Gasteiger partial charge in [0.2, 0.25) is 0 Å². The van der Waals surface area contributed by atoms with E-state index in [-0.39, 0.29) is 6.10 Å². The van der Waals surface area contributed by atoms with Crippen LogP contribution in [0.1, 0.15) is 26.2 Å². The summed E-state index contributed by atoms with van der Waals surface area (Å²) < 4.78 is 5.28. The highest BCUT2D eigenvalue weighted by atomic mass is 16.5. The molecule has 78 valence electrons. The predicted molar refractivity (Wildman–Crippen MR) is 52.7 cm³/mol. The summed E-state index contributed by atoms with van der Waals surface area (Å²) in [5, 5.41) is 12.3. The van der Waals surface area contributed by atoms with Crippen molar-refractivity contribution in [1.29, 1.82) is 0 Å². The number of nitrogens with one attached hydrogen (secondary N) is 1. The van der Waals surface area contributed by atoms with Gasteiger partial charge in [-0.15, -0.1) is 0 Å². The first-order valence-corrected chi connectivity index (χ1v) is 5.25. The smallest absolute Gasteiger partial charge is 0.0524 e. The summed E-state index contributed by atoms with van der Waals surface area (Å²) in [4.78, 5) is 0. The van der Waals surface area contributed by atoms with Gasteiger partial charge in [-0.25, -0.2) is 0 Å². The molecule has 0 amide bonds. The number of ether oxygens (including phenoxy) is 1. The molecule has 2 N–H and O–H groups in total. The molecule has 2 unspecified atom stereocenters. The van der Waals surface area contributed by atoms with Crippen LogP contribution in [0.3, 0.4) is 0 Å². The molecule has 13 heavy (non-hydrogen) atoms. The Bertz CT molecular complexity index is 122. The summed E-state index contributed by atoms with van der Waals surface area (Å²) in [6.07, 6.45) is 3.10. The van der Waals surface area contributed by atoms with Crippen molar-refractivity contribution in [3.8, 4) is 0 Å². The molecule has 0 aromatic carbocycles. The first kappa shape index (κ1) is 11.0. The lowest BCUT2D eigenvalue weighted by Gasteiger charge is -2.09. The average molecular weight is 187 g/mol. The Labute approximate surface area is 80.5 Å². The standard InChI is InChI=1S/C10H21NO2/c1-9(12)2-5-11-6-3-10-4-7-13-8-10/h9-12H,2-8H2,1H3. The zero-order valence-corrected chi connectivity index (χ0v) is 8.46. The maximum atomic E-state index is 9.00. The van der Waals surface area contributed by atoms with Crippen molar-refractivity contribution in [1.82, 2.24) is 5.32 Å².